The molecule has 0 spiro atoms. The minimum absolute atomic E-state index is 0.248. The van der Waals surface area contributed by atoms with E-state index in [1.54, 1.807) is 7.11 Å². The minimum atomic E-state index is 0.248. The predicted octanol–water partition coefficient (Wildman–Crippen LogP) is 5.59. The number of aromatic nitrogens is 3. The number of H-pyrrole nitrogens is 1. The number of hydrogen-bond donors (Lipinski definition) is 2. The fourth-order valence-corrected chi connectivity index (χ4v) is 4.32. The first-order valence-electron chi connectivity index (χ1n) is 8.88. The number of nitrogens with one attached hydrogen (secondary N) is 1. The van der Waals surface area contributed by atoms with Crippen LogP contribution in [-0.2, 0) is 0 Å². The lowest BCUT2D eigenvalue weighted by molar-refractivity contribution is 0.412. The SMILES string of the molecule is COc1ccc(-c2nc(N)nc3c2ccc2c4cccc(C)c4[nH]c23)cc1Br. The topological polar surface area (TPSA) is 76.8 Å². The summed E-state index contributed by atoms with van der Waals surface area (Å²) in [7, 11) is 1.65. The molecule has 0 aliphatic heterocycles. The van der Waals surface area contributed by atoms with E-state index in [9.17, 15) is 0 Å². The van der Waals surface area contributed by atoms with E-state index in [2.05, 4.69) is 68.1 Å². The van der Waals surface area contributed by atoms with Crippen LogP contribution in [0.25, 0.3) is 44.0 Å². The van der Waals surface area contributed by atoms with Gasteiger partial charge in [-0.2, -0.15) is 0 Å². The number of nitrogen functional groups attached to an aromatic ring is 1. The normalized spacial score (nSPS) is 11.5. The second-order valence-corrected chi connectivity index (χ2v) is 7.64. The maximum Gasteiger partial charge on any atom is 0.221 e. The van der Waals surface area contributed by atoms with Gasteiger partial charge in [0.25, 0.3) is 0 Å². The van der Waals surface area contributed by atoms with Crippen LogP contribution in [0.5, 0.6) is 5.75 Å². The van der Waals surface area contributed by atoms with Gasteiger partial charge in [-0.25, -0.2) is 9.97 Å². The number of hydrogen-bond acceptors (Lipinski definition) is 4. The van der Waals surface area contributed by atoms with Crippen LogP contribution in [0.3, 0.4) is 0 Å². The van der Waals surface area contributed by atoms with E-state index in [-0.39, 0.29) is 5.95 Å². The van der Waals surface area contributed by atoms with Gasteiger partial charge < -0.3 is 15.5 Å². The average Bonchev–Trinajstić information content (AvgIpc) is 3.08. The van der Waals surface area contributed by atoms with Crippen LogP contribution >= 0.6 is 15.9 Å². The van der Waals surface area contributed by atoms with Crippen LogP contribution < -0.4 is 10.5 Å². The zero-order chi connectivity index (χ0) is 19.4. The molecule has 0 unspecified atom stereocenters. The molecular weight excluding hydrogens is 416 g/mol. The Balaban J connectivity index is 1.86. The molecule has 2 aromatic heterocycles. The fourth-order valence-electron chi connectivity index (χ4n) is 3.78. The first kappa shape index (κ1) is 17.0. The average molecular weight is 433 g/mol. The number of nitrogens with zero attached hydrogens (tertiary/aromatic N) is 2. The molecule has 0 atom stereocenters. The molecule has 5 rings (SSSR count). The number of anilines is 1. The molecule has 2 heterocycles. The minimum Gasteiger partial charge on any atom is -0.496 e. The Morgan fingerprint density at radius 2 is 1.75 bits per heavy atom. The molecule has 3 aromatic carbocycles. The Hall–Kier alpha value is -3.12. The summed E-state index contributed by atoms with van der Waals surface area (Å²) in [5.41, 5.74) is 12.0. The zero-order valence-corrected chi connectivity index (χ0v) is 17.0. The van der Waals surface area contributed by atoms with Crippen LogP contribution in [-0.4, -0.2) is 22.1 Å². The third-order valence-corrected chi connectivity index (χ3v) is 5.74. The van der Waals surface area contributed by atoms with Crippen molar-refractivity contribution in [1.82, 2.24) is 15.0 Å². The van der Waals surface area contributed by atoms with Gasteiger partial charge in [0.05, 0.1) is 22.8 Å². The van der Waals surface area contributed by atoms with Crippen molar-refractivity contribution in [2.75, 3.05) is 12.8 Å². The van der Waals surface area contributed by atoms with E-state index >= 15 is 0 Å². The van der Waals surface area contributed by atoms with Crippen molar-refractivity contribution in [3.8, 4) is 17.0 Å². The van der Waals surface area contributed by atoms with Crippen molar-refractivity contribution in [1.29, 1.82) is 0 Å². The number of para-hydroxylation sites is 1. The summed E-state index contributed by atoms with van der Waals surface area (Å²) in [5.74, 6) is 1.01. The van der Waals surface area contributed by atoms with Gasteiger partial charge in [0.15, 0.2) is 0 Å². The molecule has 0 radical (unpaired) electrons. The van der Waals surface area contributed by atoms with Gasteiger partial charge in [-0.05, 0) is 52.7 Å². The van der Waals surface area contributed by atoms with E-state index in [0.29, 0.717) is 0 Å². The first-order chi connectivity index (χ1) is 13.6. The van der Waals surface area contributed by atoms with Crippen molar-refractivity contribution in [2.24, 2.45) is 0 Å². The summed E-state index contributed by atoms with van der Waals surface area (Å²) < 4.78 is 6.20. The molecule has 0 amide bonds. The van der Waals surface area contributed by atoms with Crippen molar-refractivity contribution >= 4 is 54.6 Å². The van der Waals surface area contributed by atoms with Gasteiger partial charge in [-0.1, -0.05) is 24.3 Å². The first-order valence-corrected chi connectivity index (χ1v) is 9.67. The Morgan fingerprint density at radius 3 is 2.54 bits per heavy atom. The number of nitrogens with two attached hydrogens (primary N) is 1. The van der Waals surface area contributed by atoms with Gasteiger partial charge in [0.2, 0.25) is 5.95 Å². The second kappa shape index (κ2) is 6.21. The number of aryl methyl sites for hydroxylation is 1. The molecule has 5 aromatic rings. The molecule has 6 heteroatoms. The number of benzene rings is 3. The Labute approximate surface area is 169 Å². The summed E-state index contributed by atoms with van der Waals surface area (Å²) in [6, 6.07) is 16.4. The van der Waals surface area contributed by atoms with E-state index in [0.717, 1.165) is 48.8 Å². The summed E-state index contributed by atoms with van der Waals surface area (Å²) in [4.78, 5) is 12.7. The third kappa shape index (κ3) is 2.45. The van der Waals surface area contributed by atoms with Crippen molar-refractivity contribution in [2.45, 2.75) is 6.92 Å². The maximum absolute atomic E-state index is 6.10. The second-order valence-electron chi connectivity index (χ2n) is 6.79. The molecule has 138 valence electrons. The molecule has 0 saturated carbocycles. The molecule has 28 heavy (non-hydrogen) atoms. The lowest BCUT2D eigenvalue weighted by atomic mass is 10.0. The maximum atomic E-state index is 6.10. The van der Waals surface area contributed by atoms with Gasteiger partial charge >= 0.3 is 0 Å². The summed E-state index contributed by atoms with van der Waals surface area (Å²) >= 11 is 3.55. The molecule has 3 N–H and O–H groups in total. The highest BCUT2D eigenvalue weighted by atomic mass is 79.9. The summed E-state index contributed by atoms with van der Waals surface area (Å²) in [6.07, 6.45) is 0. The van der Waals surface area contributed by atoms with Crippen LogP contribution in [0.4, 0.5) is 5.95 Å². The largest absolute Gasteiger partial charge is 0.496 e. The molecular formula is C22H17BrN4O. The van der Waals surface area contributed by atoms with Crippen LogP contribution in [0.2, 0.25) is 0 Å². The molecule has 0 fully saturated rings. The number of fused-ring (bicyclic) bond motifs is 5. The van der Waals surface area contributed by atoms with Crippen molar-refractivity contribution in [3.05, 3.63) is 58.6 Å². The van der Waals surface area contributed by atoms with Crippen molar-refractivity contribution in [3.63, 3.8) is 0 Å². The van der Waals surface area contributed by atoms with E-state index in [4.69, 9.17) is 10.5 Å². The number of rotatable bonds is 2. The summed E-state index contributed by atoms with van der Waals surface area (Å²) in [5, 5.41) is 3.26. The highest BCUT2D eigenvalue weighted by molar-refractivity contribution is 9.10. The number of methoxy groups -OCH3 is 1. The highest BCUT2D eigenvalue weighted by Crippen LogP contribution is 2.37. The number of ether oxygens (including phenoxy) is 1. The highest BCUT2D eigenvalue weighted by Gasteiger charge is 2.15. The van der Waals surface area contributed by atoms with E-state index in [1.165, 1.54) is 10.9 Å². The van der Waals surface area contributed by atoms with Crippen LogP contribution in [0, 0.1) is 6.92 Å². The molecule has 5 nitrogen and oxygen atoms in total. The Bertz CT molecular complexity index is 1390. The molecule has 0 aliphatic carbocycles. The van der Waals surface area contributed by atoms with Gasteiger partial charge in [0.1, 0.15) is 11.3 Å². The van der Waals surface area contributed by atoms with Crippen LogP contribution in [0.1, 0.15) is 5.56 Å². The monoisotopic (exact) mass is 432 g/mol. The van der Waals surface area contributed by atoms with Gasteiger partial charge in [0, 0.05) is 27.2 Å². The van der Waals surface area contributed by atoms with Crippen LogP contribution in [0.15, 0.2) is 53.0 Å². The van der Waals surface area contributed by atoms with Gasteiger partial charge in [-0.15, -0.1) is 0 Å². The van der Waals surface area contributed by atoms with E-state index in [1.807, 2.05) is 18.2 Å². The molecule has 0 bridgehead atoms. The smallest absolute Gasteiger partial charge is 0.221 e. The zero-order valence-electron chi connectivity index (χ0n) is 15.4. The summed E-state index contributed by atoms with van der Waals surface area (Å²) in [6.45, 7) is 2.10. The Morgan fingerprint density at radius 1 is 0.964 bits per heavy atom. The Kier molecular flexibility index (Phi) is 3.77. The molecule has 0 aliphatic rings. The predicted molar refractivity (Wildman–Crippen MR) is 118 cm³/mol. The quantitative estimate of drug-likeness (QED) is 0.380. The molecule has 0 saturated heterocycles. The number of aromatic amines is 1. The van der Waals surface area contributed by atoms with Crippen molar-refractivity contribution < 1.29 is 4.74 Å². The standard InChI is InChI=1S/C22H17BrN4O/c1-11-4-3-5-13-14-7-8-15-19(12-6-9-17(28-2)16(23)10-12)26-22(24)27-21(15)20(14)25-18(11)13/h3-10,25H,1-2H3,(H2,24,26,27). The van der Waals surface area contributed by atoms with E-state index < -0.39 is 0 Å². The lowest BCUT2D eigenvalue weighted by Crippen LogP contribution is -1.99. The fraction of sp³-hybridized carbons (Fsp3) is 0.0909. The lowest BCUT2D eigenvalue weighted by Gasteiger charge is -2.10. The van der Waals surface area contributed by atoms with Gasteiger partial charge in [-0.3, -0.25) is 0 Å². The number of halogens is 1. The third-order valence-electron chi connectivity index (χ3n) is 5.12.